The fourth-order valence-electron chi connectivity index (χ4n) is 3.33. The van der Waals surface area contributed by atoms with E-state index in [1.165, 1.54) is 27.7 Å². The smallest absolute Gasteiger partial charge is 0.325 e. The number of aryl methyl sites for hydroxylation is 2. The molecule has 7 nitrogen and oxygen atoms in total. The number of fused-ring (bicyclic) bond motifs is 1. The summed E-state index contributed by atoms with van der Waals surface area (Å²) in [6.45, 7) is 3.74. The highest BCUT2D eigenvalue weighted by Gasteiger charge is 2.20. The fraction of sp³-hybridized carbons (Fsp3) is 0.217. The summed E-state index contributed by atoms with van der Waals surface area (Å²) in [5.74, 6) is -0.373. The average molecular weight is 467 g/mol. The molecule has 0 aliphatic heterocycles. The van der Waals surface area contributed by atoms with Gasteiger partial charge in [-0.05, 0) is 49.4 Å². The fourth-order valence-corrected chi connectivity index (χ4v) is 4.83. The summed E-state index contributed by atoms with van der Waals surface area (Å²) < 4.78 is 3.38. The molecule has 0 aliphatic rings. The van der Waals surface area contributed by atoms with Gasteiger partial charge in [0.15, 0.2) is 9.99 Å². The molecule has 2 heterocycles. The number of amides is 1. The van der Waals surface area contributed by atoms with Crippen LogP contribution < -0.4 is 16.6 Å². The molecular weight excluding hydrogens is 444 g/mol. The molecule has 0 radical (unpaired) electrons. The minimum Gasteiger partial charge on any atom is -0.325 e. The van der Waals surface area contributed by atoms with Gasteiger partial charge >= 0.3 is 5.69 Å². The summed E-state index contributed by atoms with van der Waals surface area (Å²) in [4.78, 5) is 43.8. The lowest BCUT2D eigenvalue weighted by Crippen LogP contribution is -2.40. The molecule has 4 rings (SSSR count). The summed E-state index contributed by atoms with van der Waals surface area (Å²) >= 11 is 2.61. The maximum atomic E-state index is 13.4. The predicted octanol–water partition coefficient (Wildman–Crippen LogP) is 3.84. The number of nitrogens with one attached hydrogen (secondary N) is 1. The van der Waals surface area contributed by atoms with Crippen molar-refractivity contribution in [3.8, 4) is 5.69 Å². The Morgan fingerprint density at radius 3 is 2.41 bits per heavy atom. The van der Waals surface area contributed by atoms with Crippen molar-refractivity contribution in [3.05, 3.63) is 80.5 Å². The van der Waals surface area contributed by atoms with Crippen LogP contribution in [-0.4, -0.2) is 26.3 Å². The van der Waals surface area contributed by atoms with E-state index in [4.69, 9.17) is 0 Å². The molecule has 9 heteroatoms. The number of benzene rings is 2. The first-order chi connectivity index (χ1) is 15.4. The summed E-state index contributed by atoms with van der Waals surface area (Å²) in [5.41, 5.74) is 2.49. The van der Waals surface area contributed by atoms with Crippen LogP contribution in [0.3, 0.4) is 0 Å². The molecule has 32 heavy (non-hydrogen) atoms. The van der Waals surface area contributed by atoms with Crippen molar-refractivity contribution in [1.29, 1.82) is 0 Å². The highest BCUT2D eigenvalue weighted by atomic mass is 32.2. The van der Waals surface area contributed by atoms with Gasteiger partial charge in [-0.25, -0.2) is 14.3 Å². The molecule has 2 aromatic heterocycles. The first-order valence-corrected chi connectivity index (χ1v) is 12.1. The number of hydrogen-bond acceptors (Lipinski definition) is 6. The molecule has 0 saturated heterocycles. The van der Waals surface area contributed by atoms with Crippen molar-refractivity contribution in [2.24, 2.45) is 0 Å². The third kappa shape index (κ3) is 4.26. The van der Waals surface area contributed by atoms with Crippen molar-refractivity contribution >= 4 is 45.0 Å². The first kappa shape index (κ1) is 22.0. The van der Waals surface area contributed by atoms with Crippen LogP contribution in [0.2, 0.25) is 0 Å². The van der Waals surface area contributed by atoms with E-state index in [1.54, 1.807) is 24.3 Å². The summed E-state index contributed by atoms with van der Waals surface area (Å²) in [7, 11) is 0. The number of aromatic nitrogens is 3. The molecule has 4 aromatic rings. The standard InChI is InChI=1S/C23H22N4O3S2/c1-4-15-7-11-17(12-8-15)27-21(29)19-20(25-22(31-3)32-19)26(23(27)30)13-18(28)24-16-9-5-14(2)6-10-16/h5-12H,4,13H2,1-3H3,(H,24,28). The molecule has 164 valence electrons. The lowest BCUT2D eigenvalue weighted by Gasteiger charge is -2.12. The third-order valence-electron chi connectivity index (χ3n) is 5.08. The van der Waals surface area contributed by atoms with Crippen LogP contribution in [0.15, 0.2) is 62.5 Å². The van der Waals surface area contributed by atoms with Gasteiger partial charge in [0.2, 0.25) is 5.91 Å². The normalized spacial score (nSPS) is 11.1. The largest absolute Gasteiger partial charge is 0.337 e. The molecule has 0 spiro atoms. The van der Waals surface area contributed by atoms with Crippen LogP contribution in [0.5, 0.6) is 0 Å². The minimum absolute atomic E-state index is 0.231. The molecule has 2 aromatic carbocycles. The van der Waals surface area contributed by atoms with Gasteiger partial charge in [-0.2, -0.15) is 0 Å². The lowest BCUT2D eigenvalue weighted by molar-refractivity contribution is -0.116. The van der Waals surface area contributed by atoms with Gasteiger partial charge in [0, 0.05) is 5.69 Å². The monoisotopic (exact) mass is 466 g/mol. The Kier molecular flexibility index (Phi) is 6.29. The number of rotatable bonds is 6. The molecular formula is C23H22N4O3S2. The zero-order valence-electron chi connectivity index (χ0n) is 17.9. The van der Waals surface area contributed by atoms with Crippen molar-refractivity contribution < 1.29 is 4.79 Å². The second-order valence-electron chi connectivity index (χ2n) is 7.28. The zero-order chi connectivity index (χ0) is 22.8. The number of nitrogens with zero attached hydrogens (tertiary/aromatic N) is 3. The van der Waals surface area contributed by atoms with Crippen LogP contribution in [-0.2, 0) is 17.8 Å². The molecule has 0 atom stereocenters. The van der Waals surface area contributed by atoms with Crippen LogP contribution in [0.1, 0.15) is 18.1 Å². The second kappa shape index (κ2) is 9.13. The van der Waals surface area contributed by atoms with E-state index in [2.05, 4.69) is 10.3 Å². The average Bonchev–Trinajstić information content (AvgIpc) is 3.24. The number of carbonyl (C=O) groups excluding carboxylic acids is 1. The summed E-state index contributed by atoms with van der Waals surface area (Å²) in [6, 6.07) is 14.7. The molecule has 1 N–H and O–H groups in total. The van der Waals surface area contributed by atoms with Crippen LogP contribution in [0.4, 0.5) is 5.69 Å². The highest BCUT2D eigenvalue weighted by Crippen LogP contribution is 2.25. The van der Waals surface area contributed by atoms with Gasteiger partial charge in [-0.1, -0.05) is 48.5 Å². The first-order valence-electron chi connectivity index (χ1n) is 10.1. The molecule has 0 saturated carbocycles. The number of thioether (sulfide) groups is 1. The van der Waals surface area contributed by atoms with Gasteiger partial charge in [0.05, 0.1) is 5.69 Å². The Bertz CT molecular complexity index is 1400. The maximum absolute atomic E-state index is 13.4. The van der Waals surface area contributed by atoms with Crippen LogP contribution in [0.25, 0.3) is 16.0 Å². The Hall–Kier alpha value is -3.17. The summed E-state index contributed by atoms with van der Waals surface area (Å²) in [5, 5.41) is 2.80. The quantitative estimate of drug-likeness (QED) is 0.437. The van der Waals surface area contributed by atoms with Gasteiger partial charge in [0.1, 0.15) is 11.2 Å². The highest BCUT2D eigenvalue weighted by molar-refractivity contribution is 8.00. The molecule has 0 fully saturated rings. The van der Waals surface area contributed by atoms with Gasteiger partial charge in [-0.15, -0.1) is 11.3 Å². The van der Waals surface area contributed by atoms with E-state index in [-0.39, 0.29) is 18.1 Å². The van der Waals surface area contributed by atoms with E-state index >= 15 is 0 Å². The lowest BCUT2D eigenvalue weighted by atomic mass is 10.1. The van der Waals surface area contributed by atoms with Crippen molar-refractivity contribution in [2.45, 2.75) is 31.2 Å². The topological polar surface area (TPSA) is 86.0 Å². The van der Waals surface area contributed by atoms with E-state index < -0.39 is 11.2 Å². The SMILES string of the molecule is CCc1ccc(-n2c(=O)c3sc(SC)nc3n(CC(=O)Nc3ccc(C)cc3)c2=O)cc1. The number of anilines is 1. The number of thiazole rings is 1. The molecule has 1 amide bonds. The van der Waals surface area contributed by atoms with Gasteiger partial charge in [0.25, 0.3) is 5.56 Å². The van der Waals surface area contributed by atoms with Gasteiger partial charge in [-0.3, -0.25) is 14.2 Å². The number of hydrogen-bond donors (Lipinski definition) is 1. The van der Waals surface area contributed by atoms with E-state index in [0.717, 1.165) is 22.1 Å². The predicted molar refractivity (Wildman–Crippen MR) is 130 cm³/mol. The van der Waals surface area contributed by atoms with Crippen molar-refractivity contribution in [3.63, 3.8) is 0 Å². The molecule has 0 bridgehead atoms. The molecule has 0 unspecified atom stereocenters. The van der Waals surface area contributed by atoms with E-state index in [0.29, 0.717) is 20.4 Å². The van der Waals surface area contributed by atoms with Crippen LogP contribution >= 0.6 is 23.1 Å². The van der Waals surface area contributed by atoms with Crippen molar-refractivity contribution in [1.82, 2.24) is 14.1 Å². The number of carbonyl (C=O) groups is 1. The van der Waals surface area contributed by atoms with Gasteiger partial charge < -0.3 is 5.32 Å². The van der Waals surface area contributed by atoms with Crippen LogP contribution in [0, 0.1) is 6.92 Å². The molecule has 0 aliphatic carbocycles. The Labute approximate surface area is 192 Å². The second-order valence-corrected chi connectivity index (χ2v) is 9.33. The maximum Gasteiger partial charge on any atom is 0.337 e. The Balaban J connectivity index is 1.82. The van der Waals surface area contributed by atoms with E-state index in [9.17, 15) is 14.4 Å². The van der Waals surface area contributed by atoms with Crippen molar-refractivity contribution in [2.75, 3.05) is 11.6 Å². The Morgan fingerprint density at radius 1 is 1.09 bits per heavy atom. The van der Waals surface area contributed by atoms with E-state index in [1.807, 2.05) is 44.4 Å². The third-order valence-corrected chi connectivity index (χ3v) is 7.10. The summed E-state index contributed by atoms with van der Waals surface area (Å²) in [6.07, 6.45) is 2.70. The minimum atomic E-state index is -0.594. The zero-order valence-corrected chi connectivity index (χ0v) is 19.5. The Morgan fingerprint density at radius 2 is 1.78 bits per heavy atom.